The van der Waals surface area contributed by atoms with Gasteiger partial charge in [-0.1, -0.05) is 0 Å². The number of amides is 1. The number of aromatic nitrogens is 2. The Hall–Kier alpha value is -2.34. The molecule has 0 aliphatic rings. The molecule has 0 spiro atoms. The monoisotopic (exact) mass is 288 g/mol. The number of nitrogens with one attached hydrogen (secondary N) is 2. The minimum atomic E-state index is -0.0793. The maximum absolute atomic E-state index is 11.0. The van der Waals surface area contributed by atoms with Crippen molar-refractivity contribution in [1.82, 2.24) is 9.55 Å². The van der Waals surface area contributed by atoms with Crippen molar-refractivity contribution in [2.45, 2.75) is 19.9 Å². The van der Waals surface area contributed by atoms with Gasteiger partial charge in [-0.3, -0.25) is 4.79 Å². The van der Waals surface area contributed by atoms with Crippen molar-refractivity contribution in [2.24, 2.45) is 0 Å². The van der Waals surface area contributed by atoms with Crippen molar-refractivity contribution >= 4 is 23.2 Å². The molecule has 0 saturated carbocycles. The average molecular weight is 288 g/mol. The van der Waals surface area contributed by atoms with Gasteiger partial charge in [0.15, 0.2) is 0 Å². The molecule has 0 aliphatic heterocycles. The highest BCUT2D eigenvalue weighted by atomic mass is 16.5. The summed E-state index contributed by atoms with van der Waals surface area (Å²) in [6.45, 7) is 3.06. The summed E-state index contributed by atoms with van der Waals surface area (Å²) in [4.78, 5) is 15.3. The zero-order valence-corrected chi connectivity index (χ0v) is 12.3. The fourth-order valence-electron chi connectivity index (χ4n) is 1.96. The van der Waals surface area contributed by atoms with Crippen molar-refractivity contribution in [3.63, 3.8) is 0 Å². The Morgan fingerprint density at radius 2 is 2.00 bits per heavy atom. The molecule has 0 aliphatic carbocycles. The van der Waals surface area contributed by atoms with Crippen LogP contribution in [0.4, 0.5) is 17.3 Å². The molecule has 0 unspecified atom stereocenters. The van der Waals surface area contributed by atoms with Crippen LogP contribution in [0, 0.1) is 0 Å². The summed E-state index contributed by atoms with van der Waals surface area (Å²) in [5.41, 5.74) is 1.69. The van der Waals surface area contributed by atoms with E-state index in [2.05, 4.69) is 15.6 Å². The number of rotatable bonds is 7. The largest absolute Gasteiger partial charge is 0.385 e. The predicted molar refractivity (Wildman–Crippen MR) is 82.7 cm³/mol. The molecule has 2 N–H and O–H groups in total. The highest BCUT2D eigenvalue weighted by Gasteiger charge is 2.03. The first-order valence-electron chi connectivity index (χ1n) is 6.84. The van der Waals surface area contributed by atoms with E-state index in [1.54, 1.807) is 13.3 Å². The van der Waals surface area contributed by atoms with Gasteiger partial charge in [0.25, 0.3) is 0 Å². The van der Waals surface area contributed by atoms with E-state index >= 15 is 0 Å². The normalized spacial score (nSPS) is 10.4. The molecule has 1 aromatic carbocycles. The Morgan fingerprint density at radius 1 is 1.29 bits per heavy atom. The number of aryl methyl sites for hydroxylation is 1. The first-order valence-corrected chi connectivity index (χ1v) is 6.84. The minimum absolute atomic E-state index is 0.0793. The van der Waals surface area contributed by atoms with Gasteiger partial charge in [0, 0.05) is 51.0 Å². The van der Waals surface area contributed by atoms with Crippen LogP contribution < -0.4 is 10.6 Å². The molecule has 0 atom stereocenters. The molecule has 21 heavy (non-hydrogen) atoms. The van der Waals surface area contributed by atoms with Crippen LogP contribution in [-0.4, -0.2) is 29.2 Å². The van der Waals surface area contributed by atoms with Gasteiger partial charge in [0.1, 0.15) is 0 Å². The van der Waals surface area contributed by atoms with E-state index in [1.165, 1.54) is 6.92 Å². The number of methoxy groups -OCH3 is 1. The van der Waals surface area contributed by atoms with Crippen LogP contribution in [0.25, 0.3) is 0 Å². The second kappa shape index (κ2) is 7.44. The first kappa shape index (κ1) is 15.1. The summed E-state index contributed by atoms with van der Waals surface area (Å²) in [5.74, 6) is 0.711. The van der Waals surface area contributed by atoms with Gasteiger partial charge in [0.05, 0.1) is 0 Å². The van der Waals surface area contributed by atoms with Gasteiger partial charge in [-0.25, -0.2) is 4.98 Å². The van der Waals surface area contributed by atoms with E-state index in [0.717, 1.165) is 36.9 Å². The van der Waals surface area contributed by atoms with Crippen molar-refractivity contribution in [1.29, 1.82) is 0 Å². The molecule has 0 saturated heterocycles. The maximum Gasteiger partial charge on any atom is 0.221 e. The van der Waals surface area contributed by atoms with E-state index in [4.69, 9.17) is 4.74 Å². The Labute approximate surface area is 124 Å². The number of benzene rings is 1. The molecule has 0 bridgehead atoms. The number of carbonyl (C=O) groups excluding carboxylic acids is 1. The second-order valence-corrected chi connectivity index (χ2v) is 4.67. The van der Waals surface area contributed by atoms with Crippen LogP contribution in [0.1, 0.15) is 13.3 Å². The molecule has 0 radical (unpaired) electrons. The van der Waals surface area contributed by atoms with Crippen LogP contribution in [0.15, 0.2) is 36.7 Å². The Bertz CT molecular complexity index is 578. The van der Waals surface area contributed by atoms with Crippen molar-refractivity contribution in [3.05, 3.63) is 36.7 Å². The van der Waals surface area contributed by atoms with E-state index in [-0.39, 0.29) is 5.91 Å². The van der Waals surface area contributed by atoms with Crippen LogP contribution in [0.5, 0.6) is 0 Å². The van der Waals surface area contributed by atoms with E-state index in [1.807, 2.05) is 35.0 Å². The molecule has 1 aromatic heterocycles. The summed E-state index contributed by atoms with van der Waals surface area (Å²) >= 11 is 0. The van der Waals surface area contributed by atoms with Crippen molar-refractivity contribution in [3.8, 4) is 0 Å². The average Bonchev–Trinajstić information content (AvgIpc) is 2.88. The first-order chi connectivity index (χ1) is 10.2. The predicted octanol–water partition coefficient (Wildman–Crippen LogP) is 2.62. The maximum atomic E-state index is 11.0. The lowest BCUT2D eigenvalue weighted by Crippen LogP contribution is -2.06. The Balaban J connectivity index is 1.98. The molecule has 2 aromatic rings. The molecular weight excluding hydrogens is 268 g/mol. The molecule has 112 valence electrons. The van der Waals surface area contributed by atoms with Gasteiger partial charge in [-0.2, -0.15) is 0 Å². The van der Waals surface area contributed by atoms with Gasteiger partial charge in [-0.15, -0.1) is 0 Å². The third kappa shape index (κ3) is 4.61. The molecule has 6 nitrogen and oxygen atoms in total. The number of ether oxygens (including phenoxy) is 1. The highest BCUT2D eigenvalue weighted by Crippen LogP contribution is 2.18. The fourth-order valence-corrected chi connectivity index (χ4v) is 1.96. The lowest BCUT2D eigenvalue weighted by Gasteiger charge is -2.10. The zero-order chi connectivity index (χ0) is 15.1. The van der Waals surface area contributed by atoms with Crippen LogP contribution in [-0.2, 0) is 16.1 Å². The van der Waals surface area contributed by atoms with E-state index in [0.29, 0.717) is 0 Å². The number of anilines is 3. The standard InChI is InChI=1S/C15H20N4O2/c1-12(20)17-13-4-6-14(7-5-13)18-15-16-8-10-19(15)9-3-11-21-2/h4-8,10H,3,9,11H2,1-2H3,(H,16,18)(H,17,20). The summed E-state index contributed by atoms with van der Waals surface area (Å²) in [6.07, 6.45) is 4.63. The van der Waals surface area contributed by atoms with Crippen molar-refractivity contribution < 1.29 is 9.53 Å². The van der Waals surface area contributed by atoms with Crippen molar-refractivity contribution in [2.75, 3.05) is 24.4 Å². The highest BCUT2D eigenvalue weighted by molar-refractivity contribution is 5.88. The molecule has 6 heteroatoms. The lowest BCUT2D eigenvalue weighted by molar-refractivity contribution is -0.114. The minimum Gasteiger partial charge on any atom is -0.385 e. The van der Waals surface area contributed by atoms with Crippen LogP contribution in [0.2, 0.25) is 0 Å². The molecule has 1 heterocycles. The van der Waals surface area contributed by atoms with Gasteiger partial charge in [-0.05, 0) is 30.7 Å². The Kier molecular flexibility index (Phi) is 5.34. The van der Waals surface area contributed by atoms with E-state index in [9.17, 15) is 4.79 Å². The second-order valence-electron chi connectivity index (χ2n) is 4.67. The third-order valence-corrected chi connectivity index (χ3v) is 2.92. The molecular formula is C15H20N4O2. The number of imidazole rings is 1. The summed E-state index contributed by atoms with van der Waals surface area (Å²) < 4.78 is 7.10. The zero-order valence-electron chi connectivity index (χ0n) is 12.3. The lowest BCUT2D eigenvalue weighted by atomic mass is 10.3. The fraction of sp³-hybridized carbons (Fsp3) is 0.333. The Morgan fingerprint density at radius 3 is 2.67 bits per heavy atom. The number of carbonyl (C=O) groups is 1. The van der Waals surface area contributed by atoms with Gasteiger partial charge in [0.2, 0.25) is 11.9 Å². The smallest absolute Gasteiger partial charge is 0.221 e. The third-order valence-electron chi connectivity index (χ3n) is 2.92. The van der Waals surface area contributed by atoms with E-state index < -0.39 is 0 Å². The molecule has 0 fully saturated rings. The van der Waals surface area contributed by atoms with Crippen LogP contribution >= 0.6 is 0 Å². The topological polar surface area (TPSA) is 68.2 Å². The summed E-state index contributed by atoms with van der Waals surface area (Å²) in [6, 6.07) is 7.50. The van der Waals surface area contributed by atoms with Crippen LogP contribution in [0.3, 0.4) is 0 Å². The van der Waals surface area contributed by atoms with Gasteiger partial charge >= 0.3 is 0 Å². The number of hydrogen-bond donors (Lipinski definition) is 2. The SMILES string of the molecule is COCCCn1ccnc1Nc1ccc(NC(C)=O)cc1. The van der Waals surface area contributed by atoms with Gasteiger partial charge < -0.3 is 19.9 Å². The molecule has 2 rings (SSSR count). The summed E-state index contributed by atoms with van der Waals surface area (Å²) in [7, 11) is 1.70. The summed E-state index contributed by atoms with van der Waals surface area (Å²) in [5, 5.41) is 5.99. The molecule has 1 amide bonds. The number of hydrogen-bond acceptors (Lipinski definition) is 4. The quantitative estimate of drug-likeness (QED) is 0.768. The number of nitrogens with zero attached hydrogens (tertiary/aromatic N) is 2.